The van der Waals surface area contributed by atoms with Crippen molar-refractivity contribution in [2.24, 2.45) is 0 Å². The third-order valence-corrected chi connectivity index (χ3v) is 3.25. The van der Waals surface area contributed by atoms with E-state index in [0.29, 0.717) is 11.6 Å². The van der Waals surface area contributed by atoms with E-state index in [1.54, 1.807) is 0 Å². The summed E-state index contributed by atoms with van der Waals surface area (Å²) in [5.74, 6) is 0. The number of hydrogen-bond donors (Lipinski definition) is 2. The highest BCUT2D eigenvalue weighted by molar-refractivity contribution is 6.31. The maximum absolute atomic E-state index is 10.1. The molecular weight excluding hydrogens is 224 g/mol. The van der Waals surface area contributed by atoms with Crippen LogP contribution in [0.5, 0.6) is 0 Å². The number of nitrogens with zero attached hydrogens (tertiary/aromatic N) is 1. The molecule has 1 fully saturated rings. The first-order valence-electron chi connectivity index (χ1n) is 5.63. The number of β-amino-alcohol motifs (C(OH)–C–C–N with tert-alkyl or cyclic N) is 1. The highest BCUT2D eigenvalue weighted by Crippen LogP contribution is 2.23. The minimum Gasteiger partial charge on any atom is -0.387 e. The largest absolute Gasteiger partial charge is 0.387 e. The molecule has 1 aliphatic heterocycles. The lowest BCUT2D eigenvalue weighted by molar-refractivity contribution is 0.106. The lowest BCUT2D eigenvalue weighted by Crippen LogP contribution is -2.44. The molecule has 2 rings (SSSR count). The third kappa shape index (κ3) is 2.95. The highest BCUT2D eigenvalue weighted by Gasteiger charge is 2.17. The summed E-state index contributed by atoms with van der Waals surface area (Å²) in [5.41, 5.74) is 0.822. The summed E-state index contributed by atoms with van der Waals surface area (Å²) < 4.78 is 0. The summed E-state index contributed by atoms with van der Waals surface area (Å²) in [6.45, 7) is 4.62. The van der Waals surface area contributed by atoms with Gasteiger partial charge >= 0.3 is 0 Å². The molecule has 0 radical (unpaired) electrons. The van der Waals surface area contributed by atoms with E-state index in [-0.39, 0.29) is 0 Å². The third-order valence-electron chi connectivity index (χ3n) is 2.90. The van der Waals surface area contributed by atoms with E-state index in [1.165, 1.54) is 0 Å². The lowest BCUT2D eigenvalue weighted by Gasteiger charge is -2.29. The minimum absolute atomic E-state index is 0.494. The number of aliphatic hydroxyl groups is 1. The topological polar surface area (TPSA) is 35.5 Å². The van der Waals surface area contributed by atoms with Crippen molar-refractivity contribution in [3.8, 4) is 0 Å². The molecule has 1 aromatic rings. The number of hydrogen-bond acceptors (Lipinski definition) is 3. The van der Waals surface area contributed by atoms with Gasteiger partial charge in [-0.3, -0.25) is 4.90 Å². The zero-order valence-electron chi connectivity index (χ0n) is 9.19. The Morgan fingerprint density at radius 2 is 2.00 bits per heavy atom. The van der Waals surface area contributed by atoms with E-state index in [2.05, 4.69) is 10.2 Å². The van der Waals surface area contributed by atoms with Crippen LogP contribution in [0.1, 0.15) is 11.7 Å². The molecule has 0 amide bonds. The number of halogens is 1. The molecule has 16 heavy (non-hydrogen) atoms. The Bertz CT molecular complexity index is 340. The van der Waals surface area contributed by atoms with Crippen LogP contribution in [-0.4, -0.2) is 42.7 Å². The van der Waals surface area contributed by atoms with E-state index >= 15 is 0 Å². The summed E-state index contributed by atoms with van der Waals surface area (Å²) >= 11 is 6.05. The minimum atomic E-state index is -0.494. The second-order valence-electron chi connectivity index (χ2n) is 4.09. The molecule has 3 nitrogen and oxygen atoms in total. The zero-order chi connectivity index (χ0) is 11.4. The molecular formula is C12H17ClN2O. The fraction of sp³-hybridized carbons (Fsp3) is 0.500. The zero-order valence-corrected chi connectivity index (χ0v) is 9.95. The molecule has 0 saturated carbocycles. The summed E-state index contributed by atoms with van der Waals surface area (Å²) in [7, 11) is 0. The molecule has 1 atom stereocenters. The molecule has 0 spiro atoms. The van der Waals surface area contributed by atoms with Gasteiger partial charge in [0.15, 0.2) is 0 Å². The van der Waals surface area contributed by atoms with Crippen molar-refractivity contribution in [3.63, 3.8) is 0 Å². The number of nitrogens with one attached hydrogen (secondary N) is 1. The predicted molar refractivity (Wildman–Crippen MR) is 65.7 cm³/mol. The predicted octanol–water partition coefficient (Wildman–Crippen LogP) is 1.28. The quantitative estimate of drug-likeness (QED) is 0.836. The molecule has 1 aromatic carbocycles. The van der Waals surface area contributed by atoms with Crippen molar-refractivity contribution < 1.29 is 5.11 Å². The molecule has 4 heteroatoms. The van der Waals surface area contributed by atoms with Crippen LogP contribution in [0.25, 0.3) is 0 Å². The second-order valence-corrected chi connectivity index (χ2v) is 4.50. The number of piperazine rings is 1. The van der Waals surface area contributed by atoms with Gasteiger partial charge in [-0.05, 0) is 6.07 Å². The van der Waals surface area contributed by atoms with Gasteiger partial charge in [-0.25, -0.2) is 0 Å². The van der Waals surface area contributed by atoms with Crippen molar-refractivity contribution in [2.75, 3.05) is 32.7 Å². The van der Waals surface area contributed by atoms with Gasteiger partial charge in [0, 0.05) is 43.3 Å². The Balaban J connectivity index is 1.96. The molecule has 1 aliphatic rings. The first kappa shape index (κ1) is 11.9. The highest BCUT2D eigenvalue weighted by atomic mass is 35.5. The van der Waals surface area contributed by atoms with Crippen LogP contribution in [0.4, 0.5) is 0 Å². The molecule has 0 bridgehead atoms. The molecule has 1 heterocycles. The first-order chi connectivity index (χ1) is 7.77. The van der Waals surface area contributed by atoms with Crippen LogP contribution in [0.3, 0.4) is 0 Å². The van der Waals surface area contributed by atoms with Crippen LogP contribution >= 0.6 is 11.6 Å². The van der Waals surface area contributed by atoms with E-state index in [4.69, 9.17) is 11.6 Å². The van der Waals surface area contributed by atoms with Gasteiger partial charge in [0.2, 0.25) is 0 Å². The molecule has 2 N–H and O–H groups in total. The summed E-state index contributed by atoms with van der Waals surface area (Å²) in [6.07, 6.45) is -0.494. The molecule has 88 valence electrons. The van der Waals surface area contributed by atoms with Gasteiger partial charge in [-0.2, -0.15) is 0 Å². The van der Waals surface area contributed by atoms with Crippen LogP contribution in [0, 0.1) is 0 Å². The van der Waals surface area contributed by atoms with E-state index in [0.717, 1.165) is 31.7 Å². The molecule has 1 saturated heterocycles. The van der Waals surface area contributed by atoms with Crippen LogP contribution in [-0.2, 0) is 0 Å². The Morgan fingerprint density at radius 3 is 2.69 bits per heavy atom. The normalized spacial score (nSPS) is 19.6. The SMILES string of the molecule is O[C@H](CN1CCNCC1)c1ccccc1Cl. The average molecular weight is 241 g/mol. The van der Waals surface area contributed by atoms with Crippen LogP contribution in [0.15, 0.2) is 24.3 Å². The monoisotopic (exact) mass is 240 g/mol. The fourth-order valence-corrected chi connectivity index (χ4v) is 2.24. The van der Waals surface area contributed by atoms with E-state index in [1.807, 2.05) is 24.3 Å². The molecule has 0 aliphatic carbocycles. The van der Waals surface area contributed by atoms with Crippen molar-refractivity contribution in [3.05, 3.63) is 34.9 Å². The number of aliphatic hydroxyl groups excluding tert-OH is 1. The maximum Gasteiger partial charge on any atom is 0.0931 e. The van der Waals surface area contributed by atoms with E-state index in [9.17, 15) is 5.11 Å². The van der Waals surface area contributed by atoms with Crippen molar-refractivity contribution >= 4 is 11.6 Å². The smallest absolute Gasteiger partial charge is 0.0931 e. The van der Waals surface area contributed by atoms with Gasteiger partial charge in [-0.1, -0.05) is 29.8 Å². The van der Waals surface area contributed by atoms with Gasteiger partial charge < -0.3 is 10.4 Å². The van der Waals surface area contributed by atoms with Crippen molar-refractivity contribution in [1.82, 2.24) is 10.2 Å². The summed E-state index contributed by atoms with van der Waals surface area (Å²) in [6, 6.07) is 7.48. The van der Waals surface area contributed by atoms with Gasteiger partial charge in [-0.15, -0.1) is 0 Å². The lowest BCUT2D eigenvalue weighted by atomic mass is 10.1. The molecule has 0 unspecified atom stereocenters. The Hall–Kier alpha value is -0.610. The first-order valence-corrected chi connectivity index (χ1v) is 6.01. The Kier molecular flexibility index (Phi) is 4.18. The van der Waals surface area contributed by atoms with Gasteiger partial charge in [0.25, 0.3) is 0 Å². The number of benzene rings is 1. The Labute approximate surface area is 101 Å². The van der Waals surface area contributed by atoms with Crippen molar-refractivity contribution in [2.45, 2.75) is 6.10 Å². The summed E-state index contributed by atoms with van der Waals surface area (Å²) in [5, 5.41) is 14.0. The average Bonchev–Trinajstić information content (AvgIpc) is 2.31. The van der Waals surface area contributed by atoms with Gasteiger partial charge in [0.1, 0.15) is 0 Å². The fourth-order valence-electron chi connectivity index (χ4n) is 1.98. The van der Waals surface area contributed by atoms with Gasteiger partial charge in [0.05, 0.1) is 6.10 Å². The standard InChI is InChI=1S/C12H17ClN2O/c13-11-4-2-1-3-10(11)12(16)9-15-7-5-14-6-8-15/h1-4,12,14,16H,5-9H2/t12-/m1/s1. The van der Waals surface area contributed by atoms with E-state index < -0.39 is 6.10 Å². The molecule has 0 aromatic heterocycles. The van der Waals surface area contributed by atoms with Crippen LogP contribution in [0.2, 0.25) is 5.02 Å². The summed E-state index contributed by atoms with van der Waals surface area (Å²) in [4.78, 5) is 2.25. The second kappa shape index (κ2) is 5.64. The van der Waals surface area contributed by atoms with Crippen LogP contribution < -0.4 is 5.32 Å². The van der Waals surface area contributed by atoms with Crippen molar-refractivity contribution in [1.29, 1.82) is 0 Å². The Morgan fingerprint density at radius 1 is 1.31 bits per heavy atom. The maximum atomic E-state index is 10.1. The number of rotatable bonds is 3.